The first-order valence-electron chi connectivity index (χ1n) is 5.10. The monoisotopic (exact) mass is 203 g/mol. The van der Waals surface area contributed by atoms with Crippen molar-refractivity contribution in [2.24, 2.45) is 5.73 Å². The minimum atomic E-state index is -0.0641. The number of nitrogens with two attached hydrogens (primary N) is 1. The molecule has 0 unspecified atom stereocenters. The van der Waals surface area contributed by atoms with Gasteiger partial charge in [0.15, 0.2) is 0 Å². The molecule has 0 aliphatic heterocycles. The van der Waals surface area contributed by atoms with Gasteiger partial charge in [-0.3, -0.25) is 5.10 Å². The molecule has 78 valence electrons. The third kappa shape index (κ3) is 1.68. The van der Waals surface area contributed by atoms with E-state index in [9.17, 15) is 0 Å². The number of H-pyrrole nitrogens is 1. The van der Waals surface area contributed by atoms with Crippen molar-refractivity contribution >= 4 is 10.9 Å². The van der Waals surface area contributed by atoms with E-state index < -0.39 is 0 Å². The largest absolute Gasteiger partial charge is 0.492 e. The highest BCUT2D eigenvalue weighted by Crippen LogP contribution is 2.32. The van der Waals surface area contributed by atoms with E-state index in [1.807, 2.05) is 18.2 Å². The number of fused-ring (bicyclic) bond motifs is 1. The summed E-state index contributed by atoms with van der Waals surface area (Å²) in [5.41, 5.74) is 6.90. The van der Waals surface area contributed by atoms with Gasteiger partial charge in [0.2, 0.25) is 0 Å². The number of ether oxygens (including phenoxy) is 1. The van der Waals surface area contributed by atoms with Gasteiger partial charge in [0.05, 0.1) is 17.3 Å². The van der Waals surface area contributed by atoms with Crippen LogP contribution in [0.25, 0.3) is 10.9 Å². The number of benzene rings is 1. The fourth-order valence-electron chi connectivity index (χ4n) is 1.54. The molecule has 0 atom stereocenters. The van der Waals surface area contributed by atoms with E-state index in [-0.39, 0.29) is 5.54 Å². The zero-order valence-electron chi connectivity index (χ0n) is 8.36. The highest BCUT2D eigenvalue weighted by Gasteiger charge is 2.39. The molecule has 1 aromatic heterocycles. The Morgan fingerprint density at radius 3 is 3.13 bits per heavy atom. The van der Waals surface area contributed by atoms with Gasteiger partial charge < -0.3 is 10.5 Å². The van der Waals surface area contributed by atoms with Crippen LogP contribution in [0.4, 0.5) is 0 Å². The normalized spacial score (nSPS) is 17.9. The Hall–Kier alpha value is -1.55. The fraction of sp³-hybridized carbons (Fsp3) is 0.364. The average Bonchev–Trinajstić information content (AvgIpc) is 2.80. The van der Waals surface area contributed by atoms with Crippen LogP contribution in [0.1, 0.15) is 12.8 Å². The number of rotatable bonds is 3. The Labute approximate surface area is 87.4 Å². The summed E-state index contributed by atoms with van der Waals surface area (Å²) in [5, 5.41) is 7.92. The van der Waals surface area contributed by atoms with Crippen LogP contribution in [-0.2, 0) is 0 Å². The molecule has 15 heavy (non-hydrogen) atoms. The Morgan fingerprint density at radius 2 is 2.33 bits per heavy atom. The molecule has 1 saturated carbocycles. The fourth-order valence-corrected chi connectivity index (χ4v) is 1.54. The maximum atomic E-state index is 5.94. The van der Waals surface area contributed by atoms with Crippen LogP contribution in [0.15, 0.2) is 24.4 Å². The zero-order chi connectivity index (χ0) is 10.3. The SMILES string of the molecule is NC1(COc2ccc3[nH]ncc3c2)CC1. The van der Waals surface area contributed by atoms with Gasteiger partial charge >= 0.3 is 0 Å². The lowest BCUT2D eigenvalue weighted by Gasteiger charge is -2.10. The van der Waals surface area contributed by atoms with Crippen molar-refractivity contribution in [2.75, 3.05) is 6.61 Å². The van der Waals surface area contributed by atoms with Crippen LogP contribution in [0, 0.1) is 0 Å². The van der Waals surface area contributed by atoms with E-state index in [0.29, 0.717) is 6.61 Å². The van der Waals surface area contributed by atoms with Gasteiger partial charge in [-0.15, -0.1) is 0 Å². The molecule has 4 heteroatoms. The van der Waals surface area contributed by atoms with Gasteiger partial charge in [-0.05, 0) is 31.0 Å². The van der Waals surface area contributed by atoms with Crippen LogP contribution in [0.3, 0.4) is 0 Å². The summed E-state index contributed by atoms with van der Waals surface area (Å²) < 4.78 is 5.64. The second kappa shape index (κ2) is 2.97. The van der Waals surface area contributed by atoms with Crippen LogP contribution >= 0.6 is 0 Å². The third-order valence-corrected chi connectivity index (χ3v) is 2.83. The Kier molecular flexibility index (Phi) is 1.73. The van der Waals surface area contributed by atoms with Crippen molar-refractivity contribution in [1.29, 1.82) is 0 Å². The Balaban J connectivity index is 1.78. The minimum absolute atomic E-state index is 0.0641. The van der Waals surface area contributed by atoms with E-state index in [1.54, 1.807) is 6.20 Å². The second-order valence-electron chi connectivity index (χ2n) is 4.27. The quantitative estimate of drug-likeness (QED) is 0.793. The molecule has 0 bridgehead atoms. The van der Waals surface area contributed by atoms with Crippen molar-refractivity contribution in [3.63, 3.8) is 0 Å². The van der Waals surface area contributed by atoms with Crippen LogP contribution in [0.5, 0.6) is 5.75 Å². The van der Waals surface area contributed by atoms with E-state index in [0.717, 1.165) is 29.5 Å². The molecule has 1 fully saturated rings. The number of hydrogen-bond acceptors (Lipinski definition) is 3. The lowest BCUT2D eigenvalue weighted by molar-refractivity contribution is 0.280. The van der Waals surface area contributed by atoms with E-state index >= 15 is 0 Å². The van der Waals surface area contributed by atoms with Gasteiger partial charge in [-0.2, -0.15) is 5.10 Å². The molecule has 2 aromatic rings. The van der Waals surface area contributed by atoms with Crippen molar-refractivity contribution in [2.45, 2.75) is 18.4 Å². The maximum Gasteiger partial charge on any atom is 0.120 e. The molecule has 3 N–H and O–H groups in total. The lowest BCUT2D eigenvalue weighted by atomic mass is 10.2. The first kappa shape index (κ1) is 8.73. The summed E-state index contributed by atoms with van der Waals surface area (Å²) in [7, 11) is 0. The Morgan fingerprint density at radius 1 is 1.47 bits per heavy atom. The number of aromatic nitrogens is 2. The first-order chi connectivity index (χ1) is 7.25. The van der Waals surface area contributed by atoms with E-state index in [4.69, 9.17) is 10.5 Å². The van der Waals surface area contributed by atoms with Crippen LogP contribution in [0.2, 0.25) is 0 Å². The van der Waals surface area contributed by atoms with Crippen molar-refractivity contribution < 1.29 is 4.74 Å². The van der Waals surface area contributed by atoms with Crippen LogP contribution in [-0.4, -0.2) is 22.3 Å². The molecule has 1 aliphatic rings. The number of nitrogens with zero attached hydrogens (tertiary/aromatic N) is 1. The van der Waals surface area contributed by atoms with Gasteiger partial charge in [-0.1, -0.05) is 0 Å². The van der Waals surface area contributed by atoms with Crippen molar-refractivity contribution in [1.82, 2.24) is 10.2 Å². The number of nitrogens with one attached hydrogen (secondary N) is 1. The van der Waals surface area contributed by atoms with Crippen molar-refractivity contribution in [3.05, 3.63) is 24.4 Å². The molecule has 4 nitrogen and oxygen atoms in total. The topological polar surface area (TPSA) is 63.9 Å². The highest BCUT2D eigenvalue weighted by atomic mass is 16.5. The molecule has 1 aliphatic carbocycles. The Bertz CT molecular complexity index is 487. The lowest BCUT2D eigenvalue weighted by Crippen LogP contribution is -2.29. The average molecular weight is 203 g/mol. The standard InChI is InChI=1S/C11H13N3O/c12-11(3-4-11)7-15-9-1-2-10-8(5-9)6-13-14-10/h1-2,5-6H,3-4,7,12H2,(H,13,14). The number of hydrogen-bond donors (Lipinski definition) is 2. The predicted octanol–water partition coefficient (Wildman–Crippen LogP) is 1.43. The molecule has 0 amide bonds. The number of aromatic amines is 1. The van der Waals surface area contributed by atoms with Crippen molar-refractivity contribution in [3.8, 4) is 5.75 Å². The summed E-state index contributed by atoms with van der Waals surface area (Å²) in [6.07, 6.45) is 3.93. The second-order valence-corrected chi connectivity index (χ2v) is 4.27. The van der Waals surface area contributed by atoms with Gasteiger partial charge in [0.1, 0.15) is 12.4 Å². The maximum absolute atomic E-state index is 5.94. The zero-order valence-corrected chi connectivity index (χ0v) is 8.36. The molecule has 1 aromatic carbocycles. The molecule has 0 radical (unpaired) electrons. The minimum Gasteiger partial charge on any atom is -0.492 e. The summed E-state index contributed by atoms with van der Waals surface area (Å²) >= 11 is 0. The summed E-state index contributed by atoms with van der Waals surface area (Å²) in [4.78, 5) is 0. The van der Waals surface area contributed by atoms with Crippen LogP contribution < -0.4 is 10.5 Å². The highest BCUT2D eigenvalue weighted by molar-refractivity contribution is 5.79. The molecule has 3 rings (SSSR count). The van der Waals surface area contributed by atoms with Gasteiger partial charge in [-0.25, -0.2) is 0 Å². The summed E-state index contributed by atoms with van der Waals surface area (Å²) in [6, 6.07) is 5.88. The first-order valence-corrected chi connectivity index (χ1v) is 5.10. The summed E-state index contributed by atoms with van der Waals surface area (Å²) in [5.74, 6) is 0.862. The van der Waals surface area contributed by atoms with E-state index in [1.165, 1.54) is 0 Å². The van der Waals surface area contributed by atoms with Gasteiger partial charge in [0.25, 0.3) is 0 Å². The predicted molar refractivity (Wildman–Crippen MR) is 57.7 cm³/mol. The third-order valence-electron chi connectivity index (χ3n) is 2.83. The molecular weight excluding hydrogens is 190 g/mol. The van der Waals surface area contributed by atoms with E-state index in [2.05, 4.69) is 10.2 Å². The molecular formula is C11H13N3O. The molecule has 0 spiro atoms. The van der Waals surface area contributed by atoms with Gasteiger partial charge in [0, 0.05) is 5.39 Å². The molecule has 1 heterocycles. The molecule has 0 saturated heterocycles. The summed E-state index contributed by atoms with van der Waals surface area (Å²) in [6.45, 7) is 0.607. The smallest absolute Gasteiger partial charge is 0.120 e.